The van der Waals surface area contributed by atoms with Gasteiger partial charge in [-0.3, -0.25) is 14.2 Å². The van der Waals surface area contributed by atoms with Crippen molar-refractivity contribution in [1.29, 1.82) is 0 Å². The molecule has 0 radical (unpaired) electrons. The number of hydrogen-bond donors (Lipinski definition) is 0. The highest BCUT2D eigenvalue weighted by Crippen LogP contribution is 2.28. The highest BCUT2D eigenvalue weighted by molar-refractivity contribution is 7.89. The summed E-state index contributed by atoms with van der Waals surface area (Å²) in [7, 11) is -3.69. The monoisotopic (exact) mass is 513 g/mol. The van der Waals surface area contributed by atoms with Crippen molar-refractivity contribution in [3.63, 3.8) is 0 Å². The van der Waals surface area contributed by atoms with Crippen molar-refractivity contribution in [2.75, 3.05) is 39.4 Å². The van der Waals surface area contributed by atoms with Crippen LogP contribution in [0, 0.1) is 0 Å². The maximum Gasteiger partial charge on any atom is 0.308 e. The number of benzene rings is 2. The van der Waals surface area contributed by atoms with E-state index in [1.807, 2.05) is 36.4 Å². The summed E-state index contributed by atoms with van der Waals surface area (Å²) in [4.78, 5) is 26.9. The Hall–Kier alpha value is -2.79. The van der Waals surface area contributed by atoms with Gasteiger partial charge >= 0.3 is 4.87 Å². The van der Waals surface area contributed by atoms with Crippen molar-refractivity contribution in [1.82, 2.24) is 13.8 Å². The maximum atomic E-state index is 13.3. The van der Waals surface area contributed by atoms with Gasteiger partial charge in [-0.05, 0) is 35.8 Å². The zero-order chi connectivity index (χ0) is 24.4. The first kappa shape index (κ1) is 23.9. The molecule has 0 saturated carbocycles. The van der Waals surface area contributed by atoms with Gasteiger partial charge in [0, 0.05) is 39.1 Å². The van der Waals surface area contributed by atoms with Gasteiger partial charge in [0.15, 0.2) is 0 Å². The van der Waals surface area contributed by atoms with E-state index in [0.29, 0.717) is 56.0 Å². The van der Waals surface area contributed by atoms with Crippen LogP contribution in [0.2, 0.25) is 0 Å². The molecule has 0 unspecified atom stereocenters. The lowest BCUT2D eigenvalue weighted by Gasteiger charge is -2.26. The van der Waals surface area contributed by atoms with Crippen LogP contribution in [0.1, 0.15) is 18.4 Å². The molecule has 0 aliphatic carbocycles. The number of morpholine rings is 1. The predicted octanol–water partition coefficient (Wildman–Crippen LogP) is 2.79. The van der Waals surface area contributed by atoms with Gasteiger partial charge in [-0.2, -0.15) is 4.31 Å². The second-order valence-electron chi connectivity index (χ2n) is 8.60. The largest absolute Gasteiger partial charge is 0.378 e. The summed E-state index contributed by atoms with van der Waals surface area (Å²) in [6.45, 7) is 3.18. The molecule has 0 N–H and O–H groups in total. The number of amides is 1. The zero-order valence-corrected chi connectivity index (χ0v) is 20.9. The number of nitrogens with zero attached hydrogens (tertiary/aromatic N) is 3. The van der Waals surface area contributed by atoms with Gasteiger partial charge in [0.25, 0.3) is 0 Å². The molecule has 1 saturated heterocycles. The summed E-state index contributed by atoms with van der Waals surface area (Å²) in [5.41, 5.74) is 2.91. The normalized spacial score (nSPS) is 17.5. The third-order valence-electron chi connectivity index (χ3n) is 6.51. The molecule has 1 fully saturated rings. The number of fused-ring (bicyclic) bond motifs is 1. The van der Waals surface area contributed by atoms with E-state index in [4.69, 9.17) is 4.74 Å². The number of carbonyl (C=O) groups excluding carboxylic acids is 1. The Kier molecular flexibility index (Phi) is 6.88. The van der Waals surface area contributed by atoms with Crippen molar-refractivity contribution < 1.29 is 17.9 Å². The van der Waals surface area contributed by atoms with Crippen LogP contribution >= 0.6 is 11.3 Å². The molecular weight excluding hydrogens is 486 g/mol. The van der Waals surface area contributed by atoms with E-state index in [2.05, 4.69) is 0 Å². The molecule has 1 amide bonds. The second-order valence-corrected chi connectivity index (χ2v) is 11.5. The molecule has 0 spiro atoms. The molecule has 184 valence electrons. The van der Waals surface area contributed by atoms with Gasteiger partial charge in [0.05, 0.1) is 28.3 Å². The number of aryl methyl sites for hydroxylation is 1. The predicted molar refractivity (Wildman–Crippen MR) is 136 cm³/mol. The minimum Gasteiger partial charge on any atom is -0.378 e. The van der Waals surface area contributed by atoms with Crippen LogP contribution in [0.3, 0.4) is 0 Å². The van der Waals surface area contributed by atoms with Gasteiger partial charge in [0.2, 0.25) is 15.9 Å². The van der Waals surface area contributed by atoms with Crippen molar-refractivity contribution in [3.8, 4) is 0 Å². The lowest BCUT2D eigenvalue weighted by atomic mass is 10.0. The number of thiazole rings is 1. The molecule has 35 heavy (non-hydrogen) atoms. The lowest BCUT2D eigenvalue weighted by Crippen LogP contribution is -2.41. The number of sulfonamides is 1. The molecule has 1 aromatic heterocycles. The molecule has 0 bridgehead atoms. The van der Waals surface area contributed by atoms with E-state index in [0.717, 1.165) is 22.5 Å². The summed E-state index contributed by atoms with van der Waals surface area (Å²) < 4.78 is 35.5. The van der Waals surface area contributed by atoms with E-state index in [9.17, 15) is 18.0 Å². The van der Waals surface area contributed by atoms with E-state index >= 15 is 0 Å². The molecule has 10 heteroatoms. The summed E-state index contributed by atoms with van der Waals surface area (Å²) >= 11 is 1.01. The maximum absolute atomic E-state index is 13.3. The molecule has 2 aliphatic heterocycles. The quantitative estimate of drug-likeness (QED) is 0.506. The van der Waals surface area contributed by atoms with Gasteiger partial charge in [0.1, 0.15) is 0 Å². The number of carbonyl (C=O) groups is 1. The van der Waals surface area contributed by atoms with Crippen LogP contribution in [0.15, 0.2) is 64.3 Å². The van der Waals surface area contributed by atoms with Crippen LogP contribution in [0.5, 0.6) is 0 Å². The first-order valence-corrected chi connectivity index (χ1v) is 13.9. The number of rotatable bonds is 6. The van der Waals surface area contributed by atoms with Gasteiger partial charge in [-0.25, -0.2) is 8.42 Å². The fourth-order valence-electron chi connectivity index (χ4n) is 4.53. The molecule has 8 nitrogen and oxygen atoms in total. The molecule has 0 atom stereocenters. The number of ether oxygens (including phenoxy) is 1. The highest BCUT2D eigenvalue weighted by Gasteiger charge is 2.27. The van der Waals surface area contributed by atoms with Crippen LogP contribution < -0.4 is 4.87 Å². The lowest BCUT2D eigenvalue weighted by molar-refractivity contribution is -0.135. The van der Waals surface area contributed by atoms with Crippen molar-refractivity contribution in [2.45, 2.75) is 24.3 Å². The minimum absolute atomic E-state index is 0.00762. The Bertz CT molecular complexity index is 1420. The fourth-order valence-corrected chi connectivity index (χ4v) is 6.97. The zero-order valence-electron chi connectivity index (χ0n) is 19.3. The molecule has 2 aromatic carbocycles. The van der Waals surface area contributed by atoms with Crippen LogP contribution in [0.25, 0.3) is 15.8 Å². The Balaban J connectivity index is 1.32. The smallest absolute Gasteiger partial charge is 0.308 e. The van der Waals surface area contributed by atoms with E-state index in [-0.39, 0.29) is 28.6 Å². The van der Waals surface area contributed by atoms with Gasteiger partial charge in [-0.15, -0.1) is 0 Å². The standard InChI is InChI=1S/C25H27N3O5S2/c29-24(26-14-16-33-17-15-26)10-13-28-22-7-6-21(18-23(22)34-25(28)30)35(31,32)27-11-8-20(9-12-27)19-4-2-1-3-5-19/h1-8,18H,9-17H2. The average molecular weight is 514 g/mol. The van der Waals surface area contributed by atoms with Crippen LogP contribution in [-0.2, 0) is 26.1 Å². The Labute approximate surface area is 208 Å². The summed E-state index contributed by atoms with van der Waals surface area (Å²) in [5, 5.41) is 0. The Morgan fingerprint density at radius 3 is 2.51 bits per heavy atom. The van der Waals surface area contributed by atoms with E-state index in [1.54, 1.807) is 27.7 Å². The first-order chi connectivity index (χ1) is 16.9. The van der Waals surface area contributed by atoms with Gasteiger partial charge < -0.3 is 9.64 Å². The molecule has 3 heterocycles. The number of aromatic nitrogens is 1. The Morgan fingerprint density at radius 1 is 1.03 bits per heavy atom. The molecule has 3 aromatic rings. The van der Waals surface area contributed by atoms with E-state index < -0.39 is 10.0 Å². The molecule has 5 rings (SSSR count). The Morgan fingerprint density at radius 2 is 1.80 bits per heavy atom. The third kappa shape index (κ3) is 4.97. The van der Waals surface area contributed by atoms with Crippen molar-refractivity contribution in [2.24, 2.45) is 0 Å². The number of hydrogen-bond acceptors (Lipinski definition) is 6. The van der Waals surface area contributed by atoms with Crippen LogP contribution in [-0.4, -0.2) is 67.5 Å². The first-order valence-electron chi connectivity index (χ1n) is 11.7. The van der Waals surface area contributed by atoms with E-state index in [1.165, 1.54) is 4.31 Å². The summed E-state index contributed by atoms with van der Waals surface area (Å²) in [6.07, 6.45) is 2.83. The molecule has 2 aliphatic rings. The highest BCUT2D eigenvalue weighted by atomic mass is 32.2. The average Bonchev–Trinajstić information content (AvgIpc) is 3.22. The van der Waals surface area contributed by atoms with Crippen molar-refractivity contribution in [3.05, 3.63) is 69.8 Å². The minimum atomic E-state index is -3.69. The fraction of sp³-hybridized carbons (Fsp3) is 0.360. The summed E-state index contributed by atoms with van der Waals surface area (Å²) in [5.74, 6) is -0.00762. The molecular formula is C25H27N3O5S2. The second kappa shape index (κ2) is 10.1. The van der Waals surface area contributed by atoms with Crippen LogP contribution in [0.4, 0.5) is 0 Å². The SMILES string of the molecule is O=C(CCn1c(=O)sc2cc(S(=O)(=O)N3CC=C(c4ccccc4)CC3)ccc21)N1CCOCC1. The topological polar surface area (TPSA) is 88.9 Å². The van der Waals surface area contributed by atoms with Crippen molar-refractivity contribution >= 4 is 43.1 Å². The van der Waals surface area contributed by atoms with Gasteiger partial charge in [-0.1, -0.05) is 47.7 Å². The third-order valence-corrected chi connectivity index (χ3v) is 9.31. The summed E-state index contributed by atoms with van der Waals surface area (Å²) in [6, 6.07) is 14.8.